The van der Waals surface area contributed by atoms with Crippen LogP contribution in [0.25, 0.3) is 0 Å². The SMILES string of the molecule is C/C(=N/NC(=O)CN(c1ccc(Br)cc1)S(=O)(=O)c1ccc(C)cc1)c1ccc(I)cc1. The number of rotatable bonds is 7. The van der Waals surface area contributed by atoms with Gasteiger partial charge in [0.15, 0.2) is 0 Å². The van der Waals surface area contributed by atoms with Crippen LogP contribution in [-0.4, -0.2) is 26.6 Å². The van der Waals surface area contributed by atoms with Gasteiger partial charge in [-0.05, 0) is 90.5 Å². The second kappa shape index (κ2) is 10.6. The maximum atomic E-state index is 13.4. The van der Waals surface area contributed by atoms with E-state index in [1.807, 2.05) is 31.2 Å². The Kier molecular flexibility index (Phi) is 8.07. The standard InChI is InChI=1S/C23H21BrIN3O3S/c1-16-3-13-22(14-4-16)32(30,31)28(21-11-7-19(24)8-12-21)15-23(29)27-26-17(2)18-5-9-20(25)10-6-18/h3-14H,15H2,1-2H3,(H,27,29)/b26-17-. The molecule has 3 rings (SSSR count). The van der Waals surface area contributed by atoms with Crippen LogP contribution in [0.1, 0.15) is 18.1 Å². The predicted molar refractivity (Wildman–Crippen MR) is 139 cm³/mol. The molecule has 3 aromatic rings. The summed E-state index contributed by atoms with van der Waals surface area (Å²) in [5, 5.41) is 4.14. The van der Waals surface area contributed by atoms with Gasteiger partial charge >= 0.3 is 0 Å². The van der Waals surface area contributed by atoms with Crippen LogP contribution in [0, 0.1) is 10.5 Å². The minimum atomic E-state index is -3.97. The second-order valence-electron chi connectivity index (χ2n) is 7.04. The first-order valence-electron chi connectivity index (χ1n) is 9.61. The summed E-state index contributed by atoms with van der Waals surface area (Å²) in [5.41, 5.74) is 5.27. The number of amides is 1. The molecule has 0 atom stereocenters. The quantitative estimate of drug-likeness (QED) is 0.226. The summed E-state index contributed by atoms with van der Waals surface area (Å²) in [5.74, 6) is -0.548. The first-order chi connectivity index (χ1) is 15.2. The summed E-state index contributed by atoms with van der Waals surface area (Å²) in [6, 6.07) is 21.0. The largest absolute Gasteiger partial charge is 0.271 e. The van der Waals surface area contributed by atoms with Crippen molar-refractivity contribution in [1.29, 1.82) is 0 Å². The molecular weight excluding hydrogens is 605 g/mol. The third-order valence-electron chi connectivity index (χ3n) is 4.62. The number of carbonyl (C=O) groups excluding carboxylic acids is 1. The second-order valence-corrected chi connectivity index (χ2v) is 11.1. The van der Waals surface area contributed by atoms with Crippen LogP contribution in [0.5, 0.6) is 0 Å². The zero-order chi connectivity index (χ0) is 23.3. The minimum Gasteiger partial charge on any atom is -0.271 e. The van der Waals surface area contributed by atoms with Gasteiger partial charge in [-0.15, -0.1) is 0 Å². The van der Waals surface area contributed by atoms with Crippen molar-refractivity contribution in [3.05, 3.63) is 92.0 Å². The number of anilines is 1. The molecule has 3 aromatic carbocycles. The van der Waals surface area contributed by atoms with Crippen LogP contribution in [0.2, 0.25) is 0 Å². The topological polar surface area (TPSA) is 78.8 Å². The molecule has 0 radical (unpaired) electrons. The molecule has 0 spiro atoms. The maximum Gasteiger partial charge on any atom is 0.264 e. The molecule has 0 saturated carbocycles. The number of nitrogens with one attached hydrogen (secondary N) is 1. The Balaban J connectivity index is 1.86. The van der Waals surface area contributed by atoms with Crippen LogP contribution >= 0.6 is 38.5 Å². The van der Waals surface area contributed by atoms with Gasteiger partial charge in [-0.25, -0.2) is 13.8 Å². The highest BCUT2D eigenvalue weighted by molar-refractivity contribution is 14.1. The molecule has 9 heteroatoms. The van der Waals surface area contributed by atoms with Crippen LogP contribution < -0.4 is 9.73 Å². The van der Waals surface area contributed by atoms with E-state index in [-0.39, 0.29) is 4.90 Å². The third kappa shape index (κ3) is 6.17. The highest BCUT2D eigenvalue weighted by atomic mass is 127. The number of benzene rings is 3. The van der Waals surface area contributed by atoms with Gasteiger partial charge in [-0.3, -0.25) is 9.10 Å². The molecule has 0 aliphatic rings. The van der Waals surface area contributed by atoms with Gasteiger partial charge in [-0.2, -0.15) is 5.10 Å². The first kappa shape index (κ1) is 24.4. The normalized spacial score (nSPS) is 11.8. The zero-order valence-corrected chi connectivity index (χ0v) is 22.0. The van der Waals surface area contributed by atoms with E-state index in [0.717, 1.165) is 23.5 Å². The van der Waals surface area contributed by atoms with Crippen molar-refractivity contribution in [3.63, 3.8) is 0 Å². The lowest BCUT2D eigenvalue weighted by molar-refractivity contribution is -0.119. The van der Waals surface area contributed by atoms with Crippen molar-refractivity contribution in [1.82, 2.24) is 5.43 Å². The van der Waals surface area contributed by atoms with E-state index in [2.05, 4.69) is 49.0 Å². The molecule has 166 valence electrons. The number of hydrogen-bond acceptors (Lipinski definition) is 4. The van der Waals surface area contributed by atoms with Gasteiger partial charge in [0.25, 0.3) is 15.9 Å². The zero-order valence-electron chi connectivity index (χ0n) is 17.4. The maximum absolute atomic E-state index is 13.4. The van der Waals surface area contributed by atoms with E-state index in [1.54, 1.807) is 43.3 Å². The van der Waals surface area contributed by atoms with Gasteiger partial charge in [0.2, 0.25) is 0 Å². The van der Waals surface area contributed by atoms with E-state index in [4.69, 9.17) is 0 Å². The van der Waals surface area contributed by atoms with Gasteiger partial charge in [0.05, 0.1) is 16.3 Å². The average Bonchev–Trinajstić information content (AvgIpc) is 2.77. The molecule has 0 unspecified atom stereocenters. The molecule has 0 bridgehead atoms. The molecule has 0 heterocycles. The number of halogens is 2. The molecule has 1 N–H and O–H groups in total. The fourth-order valence-electron chi connectivity index (χ4n) is 2.83. The number of nitrogens with zero attached hydrogens (tertiary/aromatic N) is 2. The number of carbonyl (C=O) groups is 1. The molecule has 0 saturated heterocycles. The lowest BCUT2D eigenvalue weighted by atomic mass is 10.1. The molecule has 0 aliphatic heterocycles. The van der Waals surface area contributed by atoms with Gasteiger partial charge in [-0.1, -0.05) is 45.8 Å². The van der Waals surface area contributed by atoms with E-state index >= 15 is 0 Å². The summed E-state index contributed by atoms with van der Waals surface area (Å²) >= 11 is 5.56. The Labute approximate surface area is 210 Å². The summed E-state index contributed by atoms with van der Waals surface area (Å²) in [6.45, 7) is 3.24. The summed E-state index contributed by atoms with van der Waals surface area (Å²) in [4.78, 5) is 12.8. The Morgan fingerprint density at radius 1 is 1.00 bits per heavy atom. The van der Waals surface area contributed by atoms with Crippen molar-refractivity contribution >= 4 is 65.9 Å². The Bertz CT molecular complexity index is 1230. The lowest BCUT2D eigenvalue weighted by Crippen LogP contribution is -2.39. The fourth-order valence-corrected chi connectivity index (χ4v) is 4.87. The van der Waals surface area contributed by atoms with Crippen molar-refractivity contribution in [2.45, 2.75) is 18.7 Å². The number of aryl methyl sites for hydroxylation is 1. The van der Waals surface area contributed by atoms with Crippen LogP contribution in [-0.2, 0) is 14.8 Å². The molecule has 1 amide bonds. The number of hydrazone groups is 1. The molecule has 0 aromatic heterocycles. The van der Waals surface area contributed by atoms with Crippen molar-refractivity contribution in [3.8, 4) is 0 Å². The molecular formula is C23H21BrIN3O3S. The molecule has 0 fully saturated rings. The summed E-state index contributed by atoms with van der Waals surface area (Å²) in [6.07, 6.45) is 0. The lowest BCUT2D eigenvalue weighted by Gasteiger charge is -2.24. The van der Waals surface area contributed by atoms with Crippen LogP contribution in [0.15, 0.2) is 87.3 Å². The first-order valence-corrected chi connectivity index (χ1v) is 12.9. The Hall–Kier alpha value is -2.24. The van der Waals surface area contributed by atoms with Crippen molar-refractivity contribution in [2.75, 3.05) is 10.8 Å². The van der Waals surface area contributed by atoms with Gasteiger partial charge in [0.1, 0.15) is 6.54 Å². The van der Waals surface area contributed by atoms with Crippen molar-refractivity contribution in [2.24, 2.45) is 5.10 Å². The van der Waals surface area contributed by atoms with Gasteiger partial charge < -0.3 is 0 Å². The highest BCUT2D eigenvalue weighted by Gasteiger charge is 2.27. The monoisotopic (exact) mass is 625 g/mol. The predicted octanol–water partition coefficient (Wildman–Crippen LogP) is 5.10. The fraction of sp³-hybridized carbons (Fsp3) is 0.130. The van der Waals surface area contributed by atoms with Crippen molar-refractivity contribution < 1.29 is 13.2 Å². The van der Waals surface area contributed by atoms with Crippen LogP contribution in [0.4, 0.5) is 5.69 Å². The smallest absolute Gasteiger partial charge is 0.264 e. The van der Waals surface area contributed by atoms with E-state index < -0.39 is 22.5 Å². The van der Waals surface area contributed by atoms with E-state index in [9.17, 15) is 13.2 Å². The van der Waals surface area contributed by atoms with E-state index in [0.29, 0.717) is 11.4 Å². The van der Waals surface area contributed by atoms with Gasteiger partial charge in [0, 0.05) is 8.04 Å². The van der Waals surface area contributed by atoms with E-state index in [1.165, 1.54) is 12.1 Å². The Morgan fingerprint density at radius 2 is 1.59 bits per heavy atom. The minimum absolute atomic E-state index is 0.109. The summed E-state index contributed by atoms with van der Waals surface area (Å²) in [7, 11) is -3.97. The summed E-state index contributed by atoms with van der Waals surface area (Å²) < 4.78 is 29.7. The molecule has 32 heavy (non-hydrogen) atoms. The highest BCUT2D eigenvalue weighted by Crippen LogP contribution is 2.25. The number of hydrogen-bond donors (Lipinski definition) is 1. The number of sulfonamides is 1. The third-order valence-corrected chi connectivity index (χ3v) is 7.66. The van der Waals surface area contributed by atoms with Crippen LogP contribution in [0.3, 0.4) is 0 Å². The molecule has 0 aliphatic carbocycles. The molecule has 6 nitrogen and oxygen atoms in total. The average molecular weight is 626 g/mol. The Morgan fingerprint density at radius 3 is 2.19 bits per heavy atom.